The van der Waals surface area contributed by atoms with Crippen molar-refractivity contribution in [2.75, 3.05) is 13.6 Å². The van der Waals surface area contributed by atoms with E-state index in [0.29, 0.717) is 0 Å². The number of amides is 1. The number of thioether (sulfide) groups is 1. The van der Waals surface area contributed by atoms with E-state index in [9.17, 15) is 4.79 Å². The average Bonchev–Trinajstić information content (AvgIpc) is 2.26. The van der Waals surface area contributed by atoms with Crippen molar-refractivity contribution in [3.63, 3.8) is 0 Å². The zero-order valence-corrected chi connectivity index (χ0v) is 9.67. The highest BCUT2D eigenvalue weighted by molar-refractivity contribution is 8.00. The molecule has 80 valence electrons. The molecule has 0 N–H and O–H groups in total. The molecule has 15 heavy (non-hydrogen) atoms. The maximum absolute atomic E-state index is 11.8. The normalized spacial score (nSPS) is 21.8. The Morgan fingerprint density at radius 1 is 1.33 bits per heavy atom. The van der Waals surface area contributed by atoms with Gasteiger partial charge in [-0.25, -0.2) is 0 Å². The zero-order chi connectivity index (χ0) is 10.7. The maximum atomic E-state index is 11.8. The van der Waals surface area contributed by atoms with Crippen LogP contribution in [0.5, 0.6) is 0 Å². The van der Waals surface area contributed by atoms with E-state index < -0.39 is 0 Å². The molecular formula is C12H15NOS. The molecule has 1 fully saturated rings. The van der Waals surface area contributed by atoms with Gasteiger partial charge in [0.05, 0.1) is 5.25 Å². The number of likely N-dealkylation sites (tertiary alicyclic amines) is 1. The summed E-state index contributed by atoms with van der Waals surface area (Å²) < 4.78 is 0. The first-order chi connectivity index (χ1) is 7.27. The summed E-state index contributed by atoms with van der Waals surface area (Å²) in [5, 5.41) is 0.117. The smallest absolute Gasteiger partial charge is 0.235 e. The first-order valence-electron chi connectivity index (χ1n) is 5.24. The molecule has 1 unspecified atom stereocenters. The number of benzene rings is 1. The third-order valence-corrected chi connectivity index (χ3v) is 3.90. The predicted molar refractivity (Wildman–Crippen MR) is 63.0 cm³/mol. The van der Waals surface area contributed by atoms with Crippen LogP contribution in [0.1, 0.15) is 12.8 Å². The van der Waals surface area contributed by atoms with Crippen molar-refractivity contribution < 1.29 is 4.79 Å². The monoisotopic (exact) mass is 221 g/mol. The Bertz CT molecular complexity index is 339. The number of carbonyl (C=O) groups excluding carboxylic acids is 1. The van der Waals surface area contributed by atoms with E-state index in [-0.39, 0.29) is 11.2 Å². The number of carbonyl (C=O) groups is 1. The topological polar surface area (TPSA) is 20.3 Å². The molecule has 1 aromatic rings. The van der Waals surface area contributed by atoms with Crippen molar-refractivity contribution in [1.29, 1.82) is 0 Å². The lowest BCUT2D eigenvalue weighted by molar-refractivity contribution is -0.131. The molecule has 3 heteroatoms. The minimum atomic E-state index is 0.117. The van der Waals surface area contributed by atoms with E-state index in [2.05, 4.69) is 12.1 Å². The fourth-order valence-corrected chi connectivity index (χ4v) is 2.97. The summed E-state index contributed by atoms with van der Waals surface area (Å²) in [6, 6.07) is 10.1. The van der Waals surface area contributed by atoms with Crippen LogP contribution in [0.15, 0.2) is 35.2 Å². The van der Waals surface area contributed by atoms with Crippen molar-refractivity contribution in [3.8, 4) is 0 Å². The fourth-order valence-electron chi connectivity index (χ4n) is 1.77. The minimum absolute atomic E-state index is 0.117. The molecule has 1 atom stereocenters. The van der Waals surface area contributed by atoms with E-state index in [0.717, 1.165) is 19.4 Å². The summed E-state index contributed by atoms with van der Waals surface area (Å²) in [5.41, 5.74) is 0. The largest absolute Gasteiger partial charge is 0.345 e. The Morgan fingerprint density at radius 3 is 2.80 bits per heavy atom. The highest BCUT2D eigenvalue weighted by Gasteiger charge is 2.26. The second-order valence-corrected chi connectivity index (χ2v) is 5.10. The van der Waals surface area contributed by atoms with Crippen LogP contribution in [0.25, 0.3) is 0 Å². The molecule has 0 aromatic heterocycles. The van der Waals surface area contributed by atoms with Crippen LogP contribution in [0.3, 0.4) is 0 Å². The summed E-state index contributed by atoms with van der Waals surface area (Å²) in [5.74, 6) is 0.273. The van der Waals surface area contributed by atoms with Crippen LogP contribution in [0, 0.1) is 0 Å². The van der Waals surface area contributed by atoms with Gasteiger partial charge in [0, 0.05) is 18.5 Å². The van der Waals surface area contributed by atoms with Gasteiger partial charge in [-0.15, -0.1) is 11.8 Å². The van der Waals surface area contributed by atoms with Crippen LogP contribution in [0.2, 0.25) is 0 Å². The fraction of sp³-hybridized carbons (Fsp3) is 0.417. The van der Waals surface area contributed by atoms with Crippen molar-refractivity contribution in [2.24, 2.45) is 0 Å². The van der Waals surface area contributed by atoms with Crippen molar-refractivity contribution in [3.05, 3.63) is 30.3 Å². The van der Waals surface area contributed by atoms with E-state index in [1.54, 1.807) is 11.8 Å². The van der Waals surface area contributed by atoms with E-state index in [1.165, 1.54) is 4.90 Å². The third-order valence-electron chi connectivity index (χ3n) is 2.63. The van der Waals surface area contributed by atoms with Gasteiger partial charge in [-0.05, 0) is 25.0 Å². The molecule has 0 aliphatic carbocycles. The molecule has 0 radical (unpaired) electrons. The Labute approximate surface area is 94.7 Å². The van der Waals surface area contributed by atoms with E-state index in [1.807, 2.05) is 30.1 Å². The summed E-state index contributed by atoms with van der Waals surface area (Å²) in [4.78, 5) is 14.9. The Balaban J connectivity index is 2.03. The van der Waals surface area contributed by atoms with Crippen LogP contribution in [-0.4, -0.2) is 29.6 Å². The maximum Gasteiger partial charge on any atom is 0.235 e. The molecule has 2 rings (SSSR count). The van der Waals surface area contributed by atoms with Gasteiger partial charge in [0.2, 0.25) is 5.91 Å². The lowest BCUT2D eigenvalue weighted by Gasteiger charge is -2.28. The summed E-state index contributed by atoms with van der Waals surface area (Å²) >= 11 is 1.69. The van der Waals surface area contributed by atoms with Crippen molar-refractivity contribution in [1.82, 2.24) is 4.90 Å². The molecule has 0 bridgehead atoms. The molecule has 0 spiro atoms. The Kier molecular flexibility index (Phi) is 3.31. The van der Waals surface area contributed by atoms with Gasteiger partial charge in [0.25, 0.3) is 0 Å². The summed E-state index contributed by atoms with van der Waals surface area (Å²) in [7, 11) is 1.89. The van der Waals surface area contributed by atoms with Crippen molar-refractivity contribution >= 4 is 17.7 Å². The van der Waals surface area contributed by atoms with E-state index >= 15 is 0 Å². The molecule has 1 amide bonds. The Morgan fingerprint density at radius 2 is 2.07 bits per heavy atom. The van der Waals surface area contributed by atoms with Crippen LogP contribution in [0.4, 0.5) is 0 Å². The first kappa shape index (κ1) is 10.6. The van der Waals surface area contributed by atoms with E-state index in [4.69, 9.17) is 0 Å². The number of hydrogen-bond donors (Lipinski definition) is 0. The standard InChI is InChI=1S/C12H15NOS/c1-13-9-5-8-11(12(13)14)15-10-6-3-2-4-7-10/h2-4,6-7,11H,5,8-9H2,1H3. The number of nitrogens with zero attached hydrogens (tertiary/aromatic N) is 1. The van der Waals surface area contributed by atoms with Gasteiger partial charge >= 0.3 is 0 Å². The molecule has 0 saturated carbocycles. The average molecular weight is 221 g/mol. The molecule has 1 aromatic carbocycles. The van der Waals surface area contributed by atoms with Gasteiger partial charge in [-0.3, -0.25) is 4.79 Å². The lowest BCUT2D eigenvalue weighted by atomic mass is 10.1. The lowest BCUT2D eigenvalue weighted by Crippen LogP contribution is -2.39. The summed E-state index contributed by atoms with van der Waals surface area (Å²) in [6.07, 6.45) is 2.12. The first-order valence-corrected chi connectivity index (χ1v) is 6.12. The zero-order valence-electron chi connectivity index (χ0n) is 8.85. The second-order valence-electron chi connectivity index (χ2n) is 3.82. The molecule has 2 nitrogen and oxygen atoms in total. The second kappa shape index (κ2) is 4.71. The van der Waals surface area contributed by atoms with Crippen LogP contribution < -0.4 is 0 Å². The van der Waals surface area contributed by atoms with Gasteiger partial charge in [0.1, 0.15) is 0 Å². The Hall–Kier alpha value is -0.960. The molecular weight excluding hydrogens is 206 g/mol. The predicted octanol–water partition coefficient (Wildman–Crippen LogP) is 2.40. The van der Waals surface area contributed by atoms with Gasteiger partial charge < -0.3 is 4.90 Å². The highest BCUT2D eigenvalue weighted by atomic mass is 32.2. The van der Waals surface area contributed by atoms with Crippen molar-refractivity contribution in [2.45, 2.75) is 23.0 Å². The van der Waals surface area contributed by atoms with Gasteiger partial charge in [-0.1, -0.05) is 18.2 Å². The SMILES string of the molecule is CN1CCCC(Sc2ccccc2)C1=O. The number of rotatable bonds is 2. The van der Waals surface area contributed by atoms with Crippen LogP contribution in [-0.2, 0) is 4.79 Å². The number of piperidine rings is 1. The van der Waals surface area contributed by atoms with Crippen LogP contribution >= 0.6 is 11.8 Å². The highest BCUT2D eigenvalue weighted by Crippen LogP contribution is 2.29. The summed E-state index contributed by atoms with van der Waals surface area (Å²) in [6.45, 7) is 0.907. The number of hydrogen-bond acceptors (Lipinski definition) is 2. The minimum Gasteiger partial charge on any atom is -0.345 e. The van der Waals surface area contributed by atoms with Gasteiger partial charge in [-0.2, -0.15) is 0 Å². The molecule has 1 saturated heterocycles. The molecule has 1 aliphatic heterocycles. The molecule has 1 aliphatic rings. The quantitative estimate of drug-likeness (QED) is 0.764. The van der Waals surface area contributed by atoms with Gasteiger partial charge in [0.15, 0.2) is 0 Å². The molecule has 1 heterocycles. The third kappa shape index (κ3) is 2.53.